The Morgan fingerprint density at radius 3 is 2.52 bits per heavy atom. The molecule has 1 N–H and O–H groups in total. The number of Topliss-reactive ketones (excluding diaryl/α,β-unsaturated/α-hetero) is 1. The third kappa shape index (κ3) is 2.77. The molecule has 0 amide bonds. The molecule has 0 aromatic heterocycles. The molecule has 0 saturated heterocycles. The van der Waals surface area contributed by atoms with Crippen molar-refractivity contribution in [3.63, 3.8) is 0 Å². The lowest BCUT2D eigenvalue weighted by Crippen LogP contribution is -2.35. The molecule has 0 bridgehead atoms. The lowest BCUT2D eigenvalue weighted by atomic mass is 9.89. The van der Waals surface area contributed by atoms with E-state index in [1.54, 1.807) is 0 Å². The van der Waals surface area contributed by atoms with E-state index in [1.165, 1.54) is 11.1 Å². The lowest BCUT2D eigenvalue weighted by Gasteiger charge is -2.26. The summed E-state index contributed by atoms with van der Waals surface area (Å²) in [6.07, 6.45) is 0.992. The molecule has 108 valence electrons. The fraction of sp³-hybridized carbons (Fsp3) is 0.316. The zero-order valence-corrected chi connectivity index (χ0v) is 12.6. The molecule has 2 aromatic rings. The average molecular weight is 279 g/mol. The van der Waals surface area contributed by atoms with Crippen molar-refractivity contribution >= 4 is 5.78 Å². The molecule has 2 nitrogen and oxygen atoms in total. The summed E-state index contributed by atoms with van der Waals surface area (Å²) in [5.41, 5.74) is 4.47. The molecule has 1 aliphatic heterocycles. The number of benzene rings is 2. The Bertz CT molecular complexity index is 643. The molecular weight excluding hydrogens is 258 g/mol. The first-order valence-electron chi connectivity index (χ1n) is 7.62. The van der Waals surface area contributed by atoms with Gasteiger partial charge in [-0.15, -0.1) is 0 Å². The monoisotopic (exact) mass is 279 g/mol. The van der Waals surface area contributed by atoms with Gasteiger partial charge in [0, 0.05) is 12.1 Å². The van der Waals surface area contributed by atoms with Gasteiger partial charge in [-0.1, -0.05) is 62.4 Å². The molecule has 1 aliphatic rings. The summed E-state index contributed by atoms with van der Waals surface area (Å²) < 4.78 is 0. The highest BCUT2D eigenvalue weighted by molar-refractivity contribution is 6.01. The Kier molecular flexibility index (Phi) is 3.89. The van der Waals surface area contributed by atoms with E-state index in [-0.39, 0.29) is 11.8 Å². The fourth-order valence-corrected chi connectivity index (χ4v) is 2.94. The fourth-order valence-electron chi connectivity index (χ4n) is 2.94. The second-order valence-electron chi connectivity index (χ2n) is 5.98. The van der Waals surface area contributed by atoms with Crippen molar-refractivity contribution in [2.45, 2.75) is 32.2 Å². The number of hydrogen-bond donors (Lipinski definition) is 1. The first-order valence-corrected chi connectivity index (χ1v) is 7.62. The molecule has 1 unspecified atom stereocenters. The van der Waals surface area contributed by atoms with Gasteiger partial charge in [0.1, 0.15) is 0 Å². The van der Waals surface area contributed by atoms with Crippen LogP contribution in [0.4, 0.5) is 0 Å². The Morgan fingerprint density at radius 2 is 1.81 bits per heavy atom. The minimum absolute atomic E-state index is 0.164. The van der Waals surface area contributed by atoms with Crippen LogP contribution in [0.25, 0.3) is 0 Å². The van der Waals surface area contributed by atoms with Crippen molar-refractivity contribution in [3.8, 4) is 0 Å². The summed E-state index contributed by atoms with van der Waals surface area (Å²) in [7, 11) is 0. The van der Waals surface area contributed by atoms with E-state index in [9.17, 15) is 4.79 Å². The first kappa shape index (κ1) is 14.0. The van der Waals surface area contributed by atoms with Crippen molar-refractivity contribution in [2.24, 2.45) is 0 Å². The molecule has 1 heterocycles. The number of fused-ring (bicyclic) bond motifs is 1. The molecule has 3 rings (SSSR count). The molecule has 2 heteroatoms. The molecule has 2 aromatic carbocycles. The summed E-state index contributed by atoms with van der Waals surface area (Å²) >= 11 is 0. The van der Waals surface area contributed by atoms with Gasteiger partial charge < -0.3 is 5.32 Å². The Morgan fingerprint density at radius 1 is 1.10 bits per heavy atom. The topological polar surface area (TPSA) is 29.1 Å². The van der Waals surface area contributed by atoms with Crippen LogP contribution in [0.15, 0.2) is 48.5 Å². The molecule has 0 saturated carbocycles. The SMILES string of the molecule is CC(C)c1ccc(C(=O)C2NCCc3ccccc32)cc1. The number of carbonyl (C=O) groups is 1. The van der Waals surface area contributed by atoms with Crippen molar-refractivity contribution < 1.29 is 4.79 Å². The van der Waals surface area contributed by atoms with Crippen LogP contribution >= 0.6 is 0 Å². The van der Waals surface area contributed by atoms with Crippen LogP contribution in [0, 0.1) is 0 Å². The van der Waals surface area contributed by atoms with Crippen LogP contribution in [0.3, 0.4) is 0 Å². The summed E-state index contributed by atoms with van der Waals surface area (Å²) in [4.78, 5) is 12.8. The first-order chi connectivity index (χ1) is 10.2. The lowest BCUT2D eigenvalue weighted by molar-refractivity contribution is 0.0939. The minimum atomic E-state index is -0.208. The summed E-state index contributed by atoms with van der Waals surface area (Å²) in [5.74, 6) is 0.653. The zero-order chi connectivity index (χ0) is 14.8. The Labute approximate surface area is 126 Å². The largest absolute Gasteiger partial charge is 0.303 e. The van der Waals surface area contributed by atoms with Crippen LogP contribution in [-0.2, 0) is 6.42 Å². The summed E-state index contributed by atoms with van der Waals surface area (Å²) in [6, 6.07) is 16.1. The number of nitrogens with one attached hydrogen (secondary N) is 1. The van der Waals surface area contributed by atoms with Crippen molar-refractivity contribution in [3.05, 3.63) is 70.8 Å². The highest BCUT2D eigenvalue weighted by Crippen LogP contribution is 2.26. The molecule has 0 radical (unpaired) electrons. The zero-order valence-electron chi connectivity index (χ0n) is 12.6. The number of rotatable bonds is 3. The molecular formula is C19H21NO. The van der Waals surface area contributed by atoms with E-state index >= 15 is 0 Å². The summed E-state index contributed by atoms with van der Waals surface area (Å²) in [6.45, 7) is 5.18. The van der Waals surface area contributed by atoms with E-state index < -0.39 is 0 Å². The molecule has 0 aliphatic carbocycles. The van der Waals surface area contributed by atoms with E-state index in [0.29, 0.717) is 5.92 Å². The predicted molar refractivity (Wildman–Crippen MR) is 85.8 cm³/mol. The summed E-state index contributed by atoms with van der Waals surface area (Å²) in [5, 5.41) is 3.36. The normalized spacial score (nSPS) is 17.6. The van der Waals surface area contributed by atoms with Gasteiger partial charge in [0.15, 0.2) is 5.78 Å². The maximum Gasteiger partial charge on any atom is 0.184 e. The van der Waals surface area contributed by atoms with Gasteiger partial charge in [-0.2, -0.15) is 0 Å². The van der Waals surface area contributed by atoms with Gasteiger partial charge in [0.2, 0.25) is 0 Å². The third-order valence-electron chi connectivity index (χ3n) is 4.23. The van der Waals surface area contributed by atoms with E-state index in [1.807, 2.05) is 24.3 Å². The minimum Gasteiger partial charge on any atom is -0.303 e. The van der Waals surface area contributed by atoms with Gasteiger partial charge in [-0.25, -0.2) is 0 Å². The second kappa shape index (κ2) is 5.82. The Balaban J connectivity index is 1.89. The molecule has 0 spiro atoms. The van der Waals surface area contributed by atoms with Crippen LogP contribution in [0.1, 0.15) is 52.9 Å². The van der Waals surface area contributed by atoms with Gasteiger partial charge in [-0.05, 0) is 29.0 Å². The number of carbonyl (C=O) groups excluding carboxylic acids is 1. The van der Waals surface area contributed by atoms with Crippen LogP contribution in [0.5, 0.6) is 0 Å². The highest BCUT2D eigenvalue weighted by Gasteiger charge is 2.26. The molecule has 1 atom stereocenters. The van der Waals surface area contributed by atoms with Crippen molar-refractivity contribution in [2.75, 3.05) is 6.54 Å². The van der Waals surface area contributed by atoms with Crippen molar-refractivity contribution in [1.29, 1.82) is 0 Å². The smallest absolute Gasteiger partial charge is 0.184 e. The van der Waals surface area contributed by atoms with E-state index in [0.717, 1.165) is 24.1 Å². The van der Waals surface area contributed by atoms with Gasteiger partial charge >= 0.3 is 0 Å². The van der Waals surface area contributed by atoms with Crippen LogP contribution in [0.2, 0.25) is 0 Å². The van der Waals surface area contributed by atoms with Crippen LogP contribution in [-0.4, -0.2) is 12.3 Å². The number of ketones is 1. The average Bonchev–Trinajstić information content (AvgIpc) is 2.53. The van der Waals surface area contributed by atoms with E-state index in [2.05, 4.69) is 43.4 Å². The number of hydrogen-bond acceptors (Lipinski definition) is 2. The standard InChI is InChI=1S/C19H21NO/c1-13(2)14-7-9-16(10-8-14)19(21)18-17-6-4-3-5-15(17)11-12-20-18/h3-10,13,18,20H,11-12H2,1-2H3. The maximum atomic E-state index is 12.8. The van der Waals surface area contributed by atoms with Gasteiger partial charge in [0.25, 0.3) is 0 Å². The van der Waals surface area contributed by atoms with Gasteiger partial charge in [-0.3, -0.25) is 4.79 Å². The van der Waals surface area contributed by atoms with E-state index in [4.69, 9.17) is 0 Å². The highest BCUT2D eigenvalue weighted by atomic mass is 16.1. The molecule has 21 heavy (non-hydrogen) atoms. The predicted octanol–water partition coefficient (Wildman–Crippen LogP) is 3.88. The Hall–Kier alpha value is -1.93. The third-order valence-corrected chi connectivity index (χ3v) is 4.23. The second-order valence-corrected chi connectivity index (χ2v) is 5.98. The van der Waals surface area contributed by atoms with Crippen LogP contribution < -0.4 is 5.32 Å². The quantitative estimate of drug-likeness (QED) is 0.864. The maximum absolute atomic E-state index is 12.8. The van der Waals surface area contributed by atoms with Gasteiger partial charge in [0.05, 0.1) is 6.04 Å². The van der Waals surface area contributed by atoms with Crippen molar-refractivity contribution in [1.82, 2.24) is 5.32 Å². The molecule has 0 fully saturated rings.